The fraction of sp³-hybridized carbons (Fsp3) is 0.182. The highest BCUT2D eigenvalue weighted by Crippen LogP contribution is 2.32. The first-order chi connectivity index (χ1) is 7.20. The summed E-state index contributed by atoms with van der Waals surface area (Å²) in [5, 5.41) is 3.62. The van der Waals surface area contributed by atoms with Gasteiger partial charge in [0.05, 0.1) is 12.1 Å². The van der Waals surface area contributed by atoms with Gasteiger partial charge >= 0.3 is 0 Å². The Kier molecular flexibility index (Phi) is 2.93. The number of thiazole rings is 1. The number of benzene rings is 1. The maximum atomic E-state index is 6.14. The van der Waals surface area contributed by atoms with Gasteiger partial charge < -0.3 is 4.74 Å². The highest BCUT2D eigenvalue weighted by Gasteiger charge is 2.07. The van der Waals surface area contributed by atoms with Crippen LogP contribution in [-0.2, 0) is 0 Å². The van der Waals surface area contributed by atoms with Gasteiger partial charge in [0.1, 0.15) is 10.8 Å². The van der Waals surface area contributed by atoms with E-state index in [2.05, 4.69) is 4.98 Å². The Morgan fingerprint density at radius 2 is 2.20 bits per heavy atom. The lowest BCUT2D eigenvalue weighted by Crippen LogP contribution is -1.84. The van der Waals surface area contributed by atoms with E-state index in [0.29, 0.717) is 5.02 Å². The Balaban J connectivity index is 2.45. The molecule has 0 aliphatic heterocycles. The van der Waals surface area contributed by atoms with E-state index < -0.39 is 0 Å². The molecular weight excluding hydrogens is 230 g/mol. The van der Waals surface area contributed by atoms with Gasteiger partial charge in [0.25, 0.3) is 0 Å². The molecule has 0 saturated heterocycles. The molecule has 0 radical (unpaired) electrons. The standard InChI is InChI=1S/C11H10ClNOS/c1-7-6-15-11(13-7)9-4-3-8(14-2)5-10(9)12/h3-6H,1-2H3. The number of hydrogen-bond acceptors (Lipinski definition) is 3. The van der Waals surface area contributed by atoms with Crippen molar-refractivity contribution in [2.45, 2.75) is 6.92 Å². The van der Waals surface area contributed by atoms with Crippen molar-refractivity contribution in [3.8, 4) is 16.3 Å². The van der Waals surface area contributed by atoms with Crippen LogP contribution in [0.15, 0.2) is 23.6 Å². The summed E-state index contributed by atoms with van der Waals surface area (Å²) in [6, 6.07) is 5.62. The zero-order valence-electron chi connectivity index (χ0n) is 8.45. The summed E-state index contributed by atoms with van der Waals surface area (Å²) in [5.41, 5.74) is 1.97. The van der Waals surface area contributed by atoms with Crippen LogP contribution in [0.1, 0.15) is 5.69 Å². The summed E-state index contributed by atoms with van der Waals surface area (Å²) in [4.78, 5) is 4.39. The highest BCUT2D eigenvalue weighted by molar-refractivity contribution is 7.13. The lowest BCUT2D eigenvalue weighted by atomic mass is 10.2. The van der Waals surface area contributed by atoms with Gasteiger partial charge in [-0.2, -0.15) is 0 Å². The molecule has 0 aliphatic rings. The zero-order chi connectivity index (χ0) is 10.8. The van der Waals surface area contributed by atoms with Gasteiger partial charge in [0, 0.05) is 16.6 Å². The van der Waals surface area contributed by atoms with Crippen LogP contribution in [0.2, 0.25) is 5.02 Å². The SMILES string of the molecule is COc1ccc(-c2nc(C)cs2)c(Cl)c1. The van der Waals surface area contributed by atoms with Crippen LogP contribution in [0.3, 0.4) is 0 Å². The first-order valence-electron chi connectivity index (χ1n) is 4.47. The van der Waals surface area contributed by atoms with Crippen LogP contribution < -0.4 is 4.74 Å². The molecule has 0 aliphatic carbocycles. The second-order valence-electron chi connectivity index (χ2n) is 3.14. The number of aromatic nitrogens is 1. The van der Waals surface area contributed by atoms with E-state index in [1.54, 1.807) is 24.5 Å². The number of ether oxygens (including phenoxy) is 1. The van der Waals surface area contributed by atoms with Crippen LogP contribution in [0.4, 0.5) is 0 Å². The van der Waals surface area contributed by atoms with E-state index >= 15 is 0 Å². The number of rotatable bonds is 2. The fourth-order valence-corrected chi connectivity index (χ4v) is 2.43. The van der Waals surface area contributed by atoms with E-state index in [4.69, 9.17) is 16.3 Å². The van der Waals surface area contributed by atoms with Crippen LogP contribution in [0.25, 0.3) is 10.6 Å². The van der Waals surface area contributed by atoms with Gasteiger partial charge in [0.15, 0.2) is 0 Å². The van der Waals surface area contributed by atoms with Crippen LogP contribution in [-0.4, -0.2) is 12.1 Å². The van der Waals surface area contributed by atoms with Crippen molar-refractivity contribution in [3.63, 3.8) is 0 Å². The minimum Gasteiger partial charge on any atom is -0.497 e. The predicted octanol–water partition coefficient (Wildman–Crippen LogP) is 3.78. The predicted molar refractivity (Wildman–Crippen MR) is 63.8 cm³/mol. The summed E-state index contributed by atoms with van der Waals surface area (Å²) in [7, 11) is 1.62. The molecule has 2 rings (SSSR count). The van der Waals surface area contributed by atoms with E-state index in [1.165, 1.54) is 0 Å². The van der Waals surface area contributed by atoms with E-state index in [-0.39, 0.29) is 0 Å². The average molecular weight is 240 g/mol. The minimum absolute atomic E-state index is 0.670. The molecule has 1 aromatic heterocycles. The summed E-state index contributed by atoms with van der Waals surface area (Å²) < 4.78 is 5.09. The lowest BCUT2D eigenvalue weighted by Gasteiger charge is -2.03. The summed E-state index contributed by atoms with van der Waals surface area (Å²) >= 11 is 7.73. The summed E-state index contributed by atoms with van der Waals surface area (Å²) in [6.07, 6.45) is 0. The largest absolute Gasteiger partial charge is 0.497 e. The molecular formula is C11H10ClNOS. The molecule has 0 saturated carbocycles. The van der Waals surface area contributed by atoms with E-state index in [1.807, 2.05) is 24.4 Å². The summed E-state index contributed by atoms with van der Waals surface area (Å²) in [6.45, 7) is 1.97. The number of aryl methyl sites for hydroxylation is 1. The minimum atomic E-state index is 0.670. The van der Waals surface area contributed by atoms with Crippen molar-refractivity contribution in [1.29, 1.82) is 0 Å². The second kappa shape index (κ2) is 4.21. The number of methoxy groups -OCH3 is 1. The molecule has 0 unspecified atom stereocenters. The quantitative estimate of drug-likeness (QED) is 0.796. The van der Waals surface area contributed by atoms with Crippen molar-refractivity contribution >= 4 is 22.9 Å². The first-order valence-corrected chi connectivity index (χ1v) is 5.72. The van der Waals surface area contributed by atoms with Crippen molar-refractivity contribution in [2.75, 3.05) is 7.11 Å². The molecule has 4 heteroatoms. The molecule has 0 atom stereocenters. The molecule has 0 N–H and O–H groups in total. The molecule has 2 aromatic rings. The number of halogens is 1. The monoisotopic (exact) mass is 239 g/mol. The van der Waals surface area contributed by atoms with Gasteiger partial charge in [-0.05, 0) is 25.1 Å². The van der Waals surface area contributed by atoms with Gasteiger partial charge in [-0.25, -0.2) is 4.98 Å². The topological polar surface area (TPSA) is 22.1 Å². The van der Waals surface area contributed by atoms with E-state index in [9.17, 15) is 0 Å². The van der Waals surface area contributed by atoms with Crippen molar-refractivity contribution in [1.82, 2.24) is 4.98 Å². The Hall–Kier alpha value is -1.06. The van der Waals surface area contributed by atoms with Crippen LogP contribution >= 0.6 is 22.9 Å². The molecule has 78 valence electrons. The zero-order valence-corrected chi connectivity index (χ0v) is 10.0. The third-order valence-electron chi connectivity index (χ3n) is 2.03. The highest BCUT2D eigenvalue weighted by atomic mass is 35.5. The van der Waals surface area contributed by atoms with Gasteiger partial charge in [0.2, 0.25) is 0 Å². The van der Waals surface area contributed by atoms with Gasteiger partial charge in [-0.1, -0.05) is 11.6 Å². The molecule has 1 heterocycles. The van der Waals surface area contributed by atoms with Gasteiger partial charge in [-0.15, -0.1) is 11.3 Å². The molecule has 2 nitrogen and oxygen atoms in total. The van der Waals surface area contributed by atoms with Gasteiger partial charge in [-0.3, -0.25) is 0 Å². The summed E-state index contributed by atoms with van der Waals surface area (Å²) in [5.74, 6) is 0.761. The Morgan fingerprint density at radius 1 is 1.40 bits per heavy atom. The van der Waals surface area contributed by atoms with Crippen molar-refractivity contribution < 1.29 is 4.74 Å². The Labute approximate surface area is 97.5 Å². The molecule has 15 heavy (non-hydrogen) atoms. The van der Waals surface area contributed by atoms with Crippen LogP contribution in [0.5, 0.6) is 5.75 Å². The fourth-order valence-electron chi connectivity index (χ4n) is 1.27. The van der Waals surface area contributed by atoms with Crippen LogP contribution in [0, 0.1) is 6.92 Å². The van der Waals surface area contributed by atoms with Crippen molar-refractivity contribution in [2.24, 2.45) is 0 Å². The van der Waals surface area contributed by atoms with E-state index in [0.717, 1.165) is 22.0 Å². The third-order valence-corrected chi connectivity index (χ3v) is 3.33. The second-order valence-corrected chi connectivity index (χ2v) is 4.41. The molecule has 0 amide bonds. The Morgan fingerprint density at radius 3 is 2.73 bits per heavy atom. The maximum absolute atomic E-state index is 6.14. The average Bonchev–Trinajstić information content (AvgIpc) is 2.64. The third kappa shape index (κ3) is 2.13. The molecule has 1 aromatic carbocycles. The number of hydrogen-bond donors (Lipinski definition) is 0. The normalized spacial score (nSPS) is 10.3. The first kappa shape index (κ1) is 10.5. The smallest absolute Gasteiger partial charge is 0.125 e. The molecule has 0 fully saturated rings. The Bertz CT molecular complexity index is 481. The lowest BCUT2D eigenvalue weighted by molar-refractivity contribution is 0.415. The van der Waals surface area contributed by atoms with Crippen molar-refractivity contribution in [3.05, 3.63) is 34.3 Å². The number of nitrogens with zero attached hydrogens (tertiary/aromatic N) is 1. The maximum Gasteiger partial charge on any atom is 0.125 e. The molecule has 0 bridgehead atoms. The molecule has 0 spiro atoms.